The monoisotopic (exact) mass is 287 g/mol. The molecule has 1 aromatic heterocycles. The average molecular weight is 289 g/mol. The molecule has 1 nitrogen and oxygen atoms in total. The predicted octanol–water partition coefficient (Wildman–Crippen LogP) is 3.83. The molecule has 0 aliphatic heterocycles. The SMILES string of the molecule is BrCc1c[nH]c2ccc(Br)cc12. The first-order chi connectivity index (χ1) is 5.81. The van der Waals surface area contributed by atoms with E-state index in [9.17, 15) is 0 Å². The molecule has 0 spiro atoms. The molecule has 62 valence electrons. The number of halogens is 2. The maximum absolute atomic E-state index is 3.45. The Morgan fingerprint density at radius 3 is 2.92 bits per heavy atom. The number of alkyl halides is 1. The second-order valence-electron chi connectivity index (χ2n) is 2.64. The number of rotatable bonds is 1. The summed E-state index contributed by atoms with van der Waals surface area (Å²) in [5.74, 6) is 0. The van der Waals surface area contributed by atoms with Crippen LogP contribution in [0.2, 0.25) is 0 Å². The van der Waals surface area contributed by atoms with Crippen molar-refractivity contribution < 1.29 is 0 Å². The molecular weight excluding hydrogens is 282 g/mol. The zero-order valence-electron chi connectivity index (χ0n) is 6.27. The van der Waals surface area contributed by atoms with Gasteiger partial charge < -0.3 is 4.98 Å². The smallest absolute Gasteiger partial charge is 0.0457 e. The van der Waals surface area contributed by atoms with E-state index in [4.69, 9.17) is 0 Å². The fourth-order valence-electron chi connectivity index (χ4n) is 1.26. The lowest BCUT2D eigenvalue weighted by atomic mass is 10.2. The van der Waals surface area contributed by atoms with Gasteiger partial charge in [0.2, 0.25) is 0 Å². The molecule has 1 aromatic carbocycles. The molecule has 0 atom stereocenters. The molecule has 0 unspecified atom stereocenters. The van der Waals surface area contributed by atoms with E-state index < -0.39 is 0 Å². The van der Waals surface area contributed by atoms with Crippen molar-refractivity contribution in [3.05, 3.63) is 34.4 Å². The van der Waals surface area contributed by atoms with E-state index in [-0.39, 0.29) is 0 Å². The largest absolute Gasteiger partial charge is 0.361 e. The van der Waals surface area contributed by atoms with Crippen LogP contribution in [0.3, 0.4) is 0 Å². The summed E-state index contributed by atoms with van der Waals surface area (Å²) < 4.78 is 1.12. The zero-order valence-corrected chi connectivity index (χ0v) is 9.44. The van der Waals surface area contributed by atoms with Crippen LogP contribution in [0.15, 0.2) is 28.9 Å². The van der Waals surface area contributed by atoms with Crippen molar-refractivity contribution in [3.8, 4) is 0 Å². The zero-order chi connectivity index (χ0) is 8.55. The summed E-state index contributed by atoms with van der Waals surface area (Å²) in [6.07, 6.45) is 2.03. The number of aromatic amines is 1. The summed E-state index contributed by atoms with van der Waals surface area (Å²) >= 11 is 6.90. The first kappa shape index (κ1) is 8.32. The third-order valence-electron chi connectivity index (χ3n) is 1.87. The van der Waals surface area contributed by atoms with Crippen molar-refractivity contribution in [2.75, 3.05) is 0 Å². The Bertz CT molecular complexity index is 406. The fraction of sp³-hybridized carbons (Fsp3) is 0.111. The Morgan fingerprint density at radius 1 is 1.33 bits per heavy atom. The summed E-state index contributed by atoms with van der Waals surface area (Å²) in [5, 5.41) is 2.17. The Hall–Kier alpha value is -0.280. The van der Waals surface area contributed by atoms with E-state index in [2.05, 4.69) is 49.0 Å². The van der Waals surface area contributed by atoms with Crippen molar-refractivity contribution in [1.29, 1.82) is 0 Å². The Morgan fingerprint density at radius 2 is 2.17 bits per heavy atom. The highest BCUT2D eigenvalue weighted by Gasteiger charge is 2.01. The Labute approximate surface area is 87.4 Å². The van der Waals surface area contributed by atoms with Gasteiger partial charge >= 0.3 is 0 Å². The molecule has 1 N–H and O–H groups in total. The normalized spacial score (nSPS) is 10.8. The predicted molar refractivity (Wildman–Crippen MR) is 58.6 cm³/mol. The molecule has 0 aliphatic carbocycles. The van der Waals surface area contributed by atoms with Gasteiger partial charge in [-0.1, -0.05) is 31.9 Å². The molecular formula is C9H7Br2N. The molecule has 0 bridgehead atoms. The van der Waals surface area contributed by atoms with Gasteiger partial charge in [-0.25, -0.2) is 0 Å². The highest BCUT2D eigenvalue weighted by Crippen LogP contribution is 2.23. The second-order valence-corrected chi connectivity index (χ2v) is 4.11. The van der Waals surface area contributed by atoms with Crippen LogP contribution in [0.1, 0.15) is 5.56 Å². The molecule has 0 amide bonds. The van der Waals surface area contributed by atoms with Crippen molar-refractivity contribution in [2.45, 2.75) is 5.33 Å². The quantitative estimate of drug-likeness (QED) is 0.768. The second kappa shape index (κ2) is 3.23. The van der Waals surface area contributed by atoms with Gasteiger partial charge in [0, 0.05) is 26.9 Å². The molecule has 12 heavy (non-hydrogen) atoms. The van der Waals surface area contributed by atoms with Gasteiger partial charge in [0.1, 0.15) is 0 Å². The van der Waals surface area contributed by atoms with Gasteiger partial charge in [-0.15, -0.1) is 0 Å². The highest BCUT2D eigenvalue weighted by atomic mass is 79.9. The van der Waals surface area contributed by atoms with Crippen LogP contribution in [0.4, 0.5) is 0 Å². The summed E-state index contributed by atoms with van der Waals surface area (Å²) in [7, 11) is 0. The van der Waals surface area contributed by atoms with Crippen molar-refractivity contribution in [1.82, 2.24) is 4.98 Å². The summed E-state index contributed by atoms with van der Waals surface area (Å²) in [5.41, 5.74) is 2.49. The highest BCUT2D eigenvalue weighted by molar-refractivity contribution is 9.10. The van der Waals surface area contributed by atoms with Crippen molar-refractivity contribution in [3.63, 3.8) is 0 Å². The first-order valence-corrected chi connectivity index (χ1v) is 5.54. The summed E-state index contributed by atoms with van der Waals surface area (Å²) in [6.45, 7) is 0. The van der Waals surface area contributed by atoms with Crippen LogP contribution in [-0.2, 0) is 5.33 Å². The maximum atomic E-state index is 3.45. The minimum absolute atomic E-state index is 0.892. The van der Waals surface area contributed by atoms with Gasteiger partial charge in [-0.2, -0.15) is 0 Å². The molecule has 0 aliphatic rings. The molecule has 2 aromatic rings. The van der Waals surface area contributed by atoms with E-state index >= 15 is 0 Å². The van der Waals surface area contributed by atoms with Gasteiger partial charge in [-0.05, 0) is 23.8 Å². The van der Waals surface area contributed by atoms with Crippen LogP contribution < -0.4 is 0 Å². The standard InChI is InChI=1S/C9H7Br2N/c10-4-6-5-12-9-2-1-7(11)3-8(6)9/h1-3,5,12H,4H2. The van der Waals surface area contributed by atoms with Crippen LogP contribution >= 0.6 is 31.9 Å². The van der Waals surface area contributed by atoms with Crippen LogP contribution in [0.25, 0.3) is 10.9 Å². The van der Waals surface area contributed by atoms with E-state index in [0.717, 1.165) is 9.80 Å². The van der Waals surface area contributed by atoms with E-state index in [1.165, 1.54) is 16.5 Å². The number of nitrogens with one attached hydrogen (secondary N) is 1. The number of fused-ring (bicyclic) bond motifs is 1. The maximum Gasteiger partial charge on any atom is 0.0457 e. The van der Waals surface area contributed by atoms with E-state index in [1.807, 2.05) is 12.3 Å². The van der Waals surface area contributed by atoms with Gasteiger partial charge in [0.25, 0.3) is 0 Å². The molecule has 0 saturated carbocycles. The lowest BCUT2D eigenvalue weighted by Gasteiger charge is -1.93. The molecule has 2 rings (SSSR count). The summed E-state index contributed by atoms with van der Waals surface area (Å²) in [4.78, 5) is 3.22. The van der Waals surface area contributed by atoms with E-state index in [1.54, 1.807) is 0 Å². The van der Waals surface area contributed by atoms with Crippen molar-refractivity contribution >= 4 is 42.8 Å². The molecule has 0 radical (unpaired) electrons. The van der Waals surface area contributed by atoms with Crippen molar-refractivity contribution in [2.24, 2.45) is 0 Å². The minimum Gasteiger partial charge on any atom is -0.361 e. The topological polar surface area (TPSA) is 15.8 Å². The molecule has 3 heteroatoms. The molecule has 1 heterocycles. The number of H-pyrrole nitrogens is 1. The fourth-order valence-corrected chi connectivity index (χ4v) is 2.09. The number of benzene rings is 1. The number of hydrogen-bond acceptors (Lipinski definition) is 0. The summed E-state index contributed by atoms with van der Waals surface area (Å²) in [6, 6.07) is 6.24. The molecule has 0 fully saturated rings. The van der Waals surface area contributed by atoms with Gasteiger partial charge in [0.15, 0.2) is 0 Å². The Balaban J connectivity index is 2.75. The van der Waals surface area contributed by atoms with Crippen LogP contribution in [-0.4, -0.2) is 4.98 Å². The third kappa shape index (κ3) is 1.31. The Kier molecular flexibility index (Phi) is 2.24. The number of aromatic nitrogens is 1. The lowest BCUT2D eigenvalue weighted by Crippen LogP contribution is -1.72. The van der Waals surface area contributed by atoms with Crippen LogP contribution in [0.5, 0.6) is 0 Å². The van der Waals surface area contributed by atoms with E-state index in [0.29, 0.717) is 0 Å². The first-order valence-electron chi connectivity index (χ1n) is 3.63. The van der Waals surface area contributed by atoms with Gasteiger partial charge in [-0.3, -0.25) is 0 Å². The van der Waals surface area contributed by atoms with Gasteiger partial charge in [0.05, 0.1) is 0 Å². The average Bonchev–Trinajstić information content (AvgIpc) is 2.46. The third-order valence-corrected chi connectivity index (χ3v) is 2.97. The lowest BCUT2D eigenvalue weighted by molar-refractivity contribution is 1.41. The minimum atomic E-state index is 0.892. The van der Waals surface area contributed by atoms with Crippen LogP contribution in [0, 0.1) is 0 Å². The number of hydrogen-bond donors (Lipinski definition) is 1. The molecule has 0 saturated heterocycles.